The Morgan fingerprint density at radius 2 is 2.31 bits per heavy atom. The van der Waals surface area contributed by atoms with E-state index in [0.717, 1.165) is 5.01 Å². The molecule has 2 rings (SSSR count). The van der Waals surface area contributed by atoms with Gasteiger partial charge in [-0.1, -0.05) is 6.92 Å². The van der Waals surface area contributed by atoms with Gasteiger partial charge in [-0.2, -0.15) is 0 Å². The largest absolute Gasteiger partial charge is 0.325 e. The predicted molar refractivity (Wildman–Crippen MR) is 59.9 cm³/mol. The van der Waals surface area contributed by atoms with Crippen LogP contribution in [0.5, 0.6) is 0 Å². The average molecular weight is 239 g/mol. The molecule has 86 valence electrons. The van der Waals surface area contributed by atoms with Crippen LogP contribution in [0.2, 0.25) is 0 Å². The van der Waals surface area contributed by atoms with Crippen molar-refractivity contribution in [2.24, 2.45) is 0 Å². The van der Waals surface area contributed by atoms with Crippen molar-refractivity contribution >= 4 is 23.3 Å². The van der Waals surface area contributed by atoms with Gasteiger partial charge in [0, 0.05) is 11.6 Å². The molecule has 1 fully saturated rings. The smallest absolute Gasteiger partial charge is 0.303 e. The van der Waals surface area contributed by atoms with Crippen molar-refractivity contribution in [2.45, 2.75) is 32.4 Å². The zero-order valence-electron chi connectivity index (χ0n) is 9.19. The highest BCUT2D eigenvalue weighted by molar-refractivity contribution is 7.09. The number of aromatic nitrogens is 1. The van der Waals surface area contributed by atoms with Gasteiger partial charge in [0.1, 0.15) is 10.5 Å². The monoisotopic (exact) mass is 239 g/mol. The predicted octanol–water partition coefficient (Wildman–Crippen LogP) is 1.36. The summed E-state index contributed by atoms with van der Waals surface area (Å²) in [5, 5.41) is 5.04. The molecule has 0 aromatic carbocycles. The molecular formula is C10H13N3O2S. The summed E-state index contributed by atoms with van der Waals surface area (Å²) in [6.45, 7) is 4.06. The van der Waals surface area contributed by atoms with Gasteiger partial charge >= 0.3 is 6.03 Å². The molecule has 6 heteroatoms. The van der Waals surface area contributed by atoms with Gasteiger partial charge in [-0.15, -0.1) is 11.3 Å². The van der Waals surface area contributed by atoms with Crippen LogP contribution in [0.15, 0.2) is 11.6 Å². The fraction of sp³-hybridized carbons (Fsp3) is 0.500. The van der Waals surface area contributed by atoms with Crippen molar-refractivity contribution in [3.8, 4) is 0 Å². The van der Waals surface area contributed by atoms with E-state index < -0.39 is 5.54 Å². The standard InChI is InChI=1S/C10H13N3O2S/c1-3-10(2)8(14)12-9(15)13(10)6-7-11-4-5-16-7/h4-5H,3,6H2,1-2H3,(H,12,14,15). The fourth-order valence-electron chi connectivity index (χ4n) is 1.71. The zero-order valence-corrected chi connectivity index (χ0v) is 10.0. The first-order valence-corrected chi connectivity index (χ1v) is 5.97. The van der Waals surface area contributed by atoms with E-state index in [1.807, 2.05) is 12.3 Å². The van der Waals surface area contributed by atoms with Gasteiger partial charge < -0.3 is 4.90 Å². The van der Waals surface area contributed by atoms with E-state index in [4.69, 9.17) is 0 Å². The molecular weight excluding hydrogens is 226 g/mol. The van der Waals surface area contributed by atoms with Gasteiger partial charge in [0.05, 0.1) is 6.54 Å². The van der Waals surface area contributed by atoms with Crippen LogP contribution in [0.3, 0.4) is 0 Å². The topological polar surface area (TPSA) is 62.3 Å². The van der Waals surface area contributed by atoms with Crippen molar-refractivity contribution in [1.29, 1.82) is 0 Å². The number of nitrogens with one attached hydrogen (secondary N) is 1. The number of hydrogen-bond acceptors (Lipinski definition) is 4. The number of amides is 3. The van der Waals surface area contributed by atoms with Crippen molar-refractivity contribution in [3.63, 3.8) is 0 Å². The highest BCUT2D eigenvalue weighted by atomic mass is 32.1. The quantitative estimate of drug-likeness (QED) is 0.810. The second-order valence-corrected chi connectivity index (χ2v) is 4.88. The number of hydrogen-bond donors (Lipinski definition) is 1. The Hall–Kier alpha value is -1.43. The number of urea groups is 1. The number of rotatable bonds is 3. The first-order valence-electron chi connectivity index (χ1n) is 5.09. The number of carbonyl (C=O) groups excluding carboxylic acids is 2. The second-order valence-electron chi connectivity index (χ2n) is 3.90. The van der Waals surface area contributed by atoms with Crippen molar-refractivity contribution in [3.05, 3.63) is 16.6 Å². The van der Waals surface area contributed by atoms with Crippen LogP contribution in [0.4, 0.5) is 4.79 Å². The SMILES string of the molecule is CCC1(C)C(=O)NC(=O)N1Cc1nccs1. The lowest BCUT2D eigenvalue weighted by Crippen LogP contribution is -2.45. The lowest BCUT2D eigenvalue weighted by Gasteiger charge is -2.29. The van der Waals surface area contributed by atoms with Crippen LogP contribution in [0.25, 0.3) is 0 Å². The molecule has 1 aromatic heterocycles. The van der Waals surface area contributed by atoms with E-state index in [1.165, 1.54) is 11.3 Å². The van der Waals surface area contributed by atoms with Crippen molar-refractivity contribution < 1.29 is 9.59 Å². The van der Waals surface area contributed by atoms with Crippen molar-refractivity contribution in [1.82, 2.24) is 15.2 Å². The third kappa shape index (κ3) is 1.59. The Kier molecular flexibility index (Phi) is 2.67. The Balaban J connectivity index is 2.24. The number of imide groups is 1. The van der Waals surface area contributed by atoms with Gasteiger partial charge in [-0.3, -0.25) is 10.1 Å². The van der Waals surface area contributed by atoms with Crippen LogP contribution in [-0.4, -0.2) is 27.4 Å². The number of carbonyl (C=O) groups is 2. The highest BCUT2D eigenvalue weighted by Gasteiger charge is 2.47. The summed E-state index contributed by atoms with van der Waals surface area (Å²) in [5.74, 6) is -0.225. The van der Waals surface area contributed by atoms with Crippen LogP contribution in [-0.2, 0) is 11.3 Å². The highest BCUT2D eigenvalue weighted by Crippen LogP contribution is 2.27. The Bertz CT molecular complexity index is 418. The van der Waals surface area contributed by atoms with E-state index in [1.54, 1.807) is 18.0 Å². The lowest BCUT2D eigenvalue weighted by molar-refractivity contribution is -0.126. The first-order chi connectivity index (χ1) is 7.58. The molecule has 16 heavy (non-hydrogen) atoms. The molecule has 0 radical (unpaired) electrons. The molecule has 5 nitrogen and oxygen atoms in total. The maximum atomic E-state index is 11.7. The Labute approximate surface area is 97.5 Å². The molecule has 1 unspecified atom stereocenters. The molecule has 0 spiro atoms. The van der Waals surface area contributed by atoms with Crippen LogP contribution in [0.1, 0.15) is 25.3 Å². The van der Waals surface area contributed by atoms with E-state index in [9.17, 15) is 9.59 Å². The second kappa shape index (κ2) is 3.86. The van der Waals surface area contributed by atoms with E-state index in [0.29, 0.717) is 13.0 Å². The molecule has 1 aromatic rings. The summed E-state index contributed by atoms with van der Waals surface area (Å²) < 4.78 is 0. The summed E-state index contributed by atoms with van der Waals surface area (Å²) in [6, 6.07) is -0.329. The summed E-state index contributed by atoms with van der Waals surface area (Å²) in [5.41, 5.74) is -0.747. The molecule has 1 aliphatic heterocycles. The van der Waals surface area contributed by atoms with Crippen LogP contribution in [0, 0.1) is 0 Å². The minimum Gasteiger partial charge on any atom is -0.303 e. The molecule has 1 N–H and O–H groups in total. The molecule has 1 atom stereocenters. The first kappa shape index (κ1) is 11.1. The van der Waals surface area contributed by atoms with E-state index >= 15 is 0 Å². The molecule has 2 heterocycles. The molecule has 0 saturated carbocycles. The third-order valence-electron chi connectivity index (χ3n) is 3.02. The van der Waals surface area contributed by atoms with Gasteiger partial charge in [-0.25, -0.2) is 9.78 Å². The van der Waals surface area contributed by atoms with E-state index in [2.05, 4.69) is 10.3 Å². The third-order valence-corrected chi connectivity index (χ3v) is 3.78. The van der Waals surface area contributed by atoms with Crippen molar-refractivity contribution in [2.75, 3.05) is 0 Å². The van der Waals surface area contributed by atoms with Gasteiger partial charge in [0.2, 0.25) is 0 Å². The molecule has 0 aliphatic carbocycles. The molecule has 1 aliphatic rings. The fourth-order valence-corrected chi connectivity index (χ4v) is 2.31. The summed E-state index contributed by atoms with van der Waals surface area (Å²) in [7, 11) is 0. The normalized spacial score (nSPS) is 25.0. The zero-order chi connectivity index (χ0) is 11.8. The van der Waals surface area contributed by atoms with E-state index in [-0.39, 0.29) is 11.9 Å². The van der Waals surface area contributed by atoms with Gasteiger partial charge in [-0.05, 0) is 13.3 Å². The minimum absolute atomic E-state index is 0.225. The summed E-state index contributed by atoms with van der Waals surface area (Å²) in [4.78, 5) is 29.0. The number of thiazole rings is 1. The maximum absolute atomic E-state index is 11.7. The van der Waals surface area contributed by atoms with Crippen LogP contribution >= 0.6 is 11.3 Å². The van der Waals surface area contributed by atoms with Gasteiger partial charge in [0.15, 0.2) is 0 Å². The Morgan fingerprint density at radius 3 is 2.88 bits per heavy atom. The van der Waals surface area contributed by atoms with Gasteiger partial charge in [0.25, 0.3) is 5.91 Å². The maximum Gasteiger partial charge on any atom is 0.325 e. The Morgan fingerprint density at radius 1 is 1.56 bits per heavy atom. The minimum atomic E-state index is -0.747. The van der Waals surface area contributed by atoms with Crippen LogP contribution < -0.4 is 5.32 Å². The summed E-state index contributed by atoms with van der Waals surface area (Å²) in [6.07, 6.45) is 2.29. The molecule has 1 saturated heterocycles. The lowest BCUT2D eigenvalue weighted by atomic mass is 9.97. The molecule has 0 bridgehead atoms. The summed E-state index contributed by atoms with van der Waals surface area (Å²) >= 11 is 1.48. The average Bonchev–Trinajstić information content (AvgIpc) is 2.83. The number of nitrogens with zero attached hydrogens (tertiary/aromatic N) is 2. The molecule has 3 amide bonds.